The van der Waals surface area contributed by atoms with Crippen LogP contribution in [0, 0.1) is 5.82 Å². The molecule has 0 saturated heterocycles. The highest BCUT2D eigenvalue weighted by atomic mass is 19.1. The van der Waals surface area contributed by atoms with Gasteiger partial charge in [-0.25, -0.2) is 14.1 Å². The minimum absolute atomic E-state index is 0.0621. The van der Waals surface area contributed by atoms with Gasteiger partial charge in [-0.1, -0.05) is 12.1 Å². The number of aromatic nitrogens is 6. The quantitative estimate of drug-likeness (QED) is 0.468. The first kappa shape index (κ1) is 17.0. The molecule has 0 fully saturated rings. The van der Waals surface area contributed by atoms with E-state index in [0.717, 1.165) is 0 Å². The summed E-state index contributed by atoms with van der Waals surface area (Å²) in [6, 6.07) is 9.24. The zero-order chi connectivity index (χ0) is 20.2. The van der Waals surface area contributed by atoms with E-state index < -0.39 is 11.4 Å². The SMILES string of the molecule is CC(C=O)(c1cccc(F)c1)n1ncc2c1nc(N)n1nc(-c3ccco3)nc21. The van der Waals surface area contributed by atoms with Crippen molar-refractivity contribution in [2.45, 2.75) is 12.5 Å². The first-order valence-corrected chi connectivity index (χ1v) is 8.68. The fourth-order valence-corrected chi connectivity index (χ4v) is 3.30. The molecule has 144 valence electrons. The summed E-state index contributed by atoms with van der Waals surface area (Å²) in [5.74, 6) is 0.424. The average Bonchev–Trinajstić information content (AvgIpc) is 3.45. The highest BCUT2D eigenvalue weighted by molar-refractivity contribution is 5.91. The van der Waals surface area contributed by atoms with Crippen molar-refractivity contribution in [1.82, 2.24) is 29.4 Å². The summed E-state index contributed by atoms with van der Waals surface area (Å²) in [7, 11) is 0. The van der Waals surface area contributed by atoms with E-state index in [2.05, 4.69) is 20.2 Å². The van der Waals surface area contributed by atoms with Crippen LogP contribution in [0.5, 0.6) is 0 Å². The van der Waals surface area contributed by atoms with Crippen molar-refractivity contribution in [2.24, 2.45) is 0 Å². The number of hydrogen-bond donors (Lipinski definition) is 1. The van der Waals surface area contributed by atoms with Crippen LogP contribution in [0.3, 0.4) is 0 Å². The molecular formula is C19H14FN7O2. The average molecular weight is 391 g/mol. The molecule has 1 aromatic carbocycles. The summed E-state index contributed by atoms with van der Waals surface area (Å²) >= 11 is 0. The van der Waals surface area contributed by atoms with E-state index in [4.69, 9.17) is 10.2 Å². The van der Waals surface area contributed by atoms with Gasteiger partial charge in [0.05, 0.1) is 17.8 Å². The molecule has 0 aliphatic carbocycles. The van der Waals surface area contributed by atoms with Gasteiger partial charge in [-0.15, -0.1) is 5.10 Å². The van der Waals surface area contributed by atoms with Gasteiger partial charge in [0.15, 0.2) is 23.3 Å². The number of furan rings is 1. The predicted molar refractivity (Wildman–Crippen MR) is 101 cm³/mol. The maximum Gasteiger partial charge on any atom is 0.225 e. The number of aldehydes is 1. The molecule has 0 saturated carbocycles. The number of halogens is 1. The third kappa shape index (κ3) is 2.42. The van der Waals surface area contributed by atoms with Crippen molar-refractivity contribution in [3.05, 3.63) is 60.2 Å². The van der Waals surface area contributed by atoms with Crippen LogP contribution in [0.2, 0.25) is 0 Å². The molecule has 5 aromatic rings. The Bertz CT molecular complexity index is 1370. The number of nitrogens with zero attached hydrogens (tertiary/aromatic N) is 6. The van der Waals surface area contributed by atoms with E-state index in [0.29, 0.717) is 40.1 Å². The van der Waals surface area contributed by atoms with E-state index >= 15 is 0 Å². The molecule has 5 rings (SSSR count). The van der Waals surface area contributed by atoms with E-state index in [-0.39, 0.29) is 5.95 Å². The van der Waals surface area contributed by atoms with Gasteiger partial charge in [0.1, 0.15) is 11.4 Å². The Hall–Kier alpha value is -4.08. The highest BCUT2D eigenvalue weighted by Crippen LogP contribution is 2.30. The topological polar surface area (TPSA) is 117 Å². The number of fused-ring (bicyclic) bond motifs is 3. The van der Waals surface area contributed by atoms with Gasteiger partial charge in [-0.05, 0) is 36.8 Å². The summed E-state index contributed by atoms with van der Waals surface area (Å²) in [5, 5.41) is 9.22. The van der Waals surface area contributed by atoms with Gasteiger partial charge >= 0.3 is 0 Å². The largest absolute Gasteiger partial charge is 0.461 e. The van der Waals surface area contributed by atoms with Crippen LogP contribution >= 0.6 is 0 Å². The molecule has 0 bridgehead atoms. The van der Waals surface area contributed by atoms with Gasteiger partial charge in [-0.2, -0.15) is 14.6 Å². The standard InChI is InChI=1S/C19H14FN7O2/c1-19(10-28,11-4-2-5-12(20)8-11)27-17-13(9-22-27)16-23-15(14-6-3-7-29-14)25-26(16)18(21)24-17/h2-10H,1H3,(H2,21,24). The second-order valence-corrected chi connectivity index (χ2v) is 6.69. The van der Waals surface area contributed by atoms with Gasteiger partial charge in [-0.3, -0.25) is 0 Å². The fraction of sp³-hybridized carbons (Fsp3) is 0.105. The third-order valence-corrected chi connectivity index (χ3v) is 4.85. The Morgan fingerprint density at radius 3 is 2.79 bits per heavy atom. The second-order valence-electron chi connectivity index (χ2n) is 6.69. The lowest BCUT2D eigenvalue weighted by Gasteiger charge is -2.24. The number of carbonyl (C=O) groups excluding carboxylic acids is 1. The Balaban J connectivity index is 1.77. The van der Waals surface area contributed by atoms with E-state index in [9.17, 15) is 9.18 Å². The molecule has 0 aliphatic heterocycles. The molecule has 1 unspecified atom stereocenters. The zero-order valence-electron chi connectivity index (χ0n) is 15.2. The molecule has 29 heavy (non-hydrogen) atoms. The third-order valence-electron chi connectivity index (χ3n) is 4.85. The van der Waals surface area contributed by atoms with Gasteiger partial charge in [0.2, 0.25) is 11.8 Å². The molecule has 0 radical (unpaired) electrons. The molecule has 9 nitrogen and oxygen atoms in total. The minimum atomic E-state index is -1.30. The first-order chi connectivity index (χ1) is 14.0. The highest BCUT2D eigenvalue weighted by Gasteiger charge is 2.33. The lowest BCUT2D eigenvalue weighted by molar-refractivity contribution is -0.113. The van der Waals surface area contributed by atoms with Crippen molar-refractivity contribution in [1.29, 1.82) is 0 Å². The first-order valence-electron chi connectivity index (χ1n) is 8.68. The van der Waals surface area contributed by atoms with Gasteiger partial charge < -0.3 is 14.9 Å². The lowest BCUT2D eigenvalue weighted by atomic mass is 9.93. The number of hydrogen-bond acceptors (Lipinski definition) is 7. The van der Waals surface area contributed by atoms with Crippen molar-refractivity contribution < 1.29 is 13.6 Å². The maximum absolute atomic E-state index is 13.8. The Morgan fingerprint density at radius 2 is 2.07 bits per heavy atom. The summed E-state index contributed by atoms with van der Waals surface area (Å²) in [6.45, 7) is 1.63. The Kier molecular flexibility index (Phi) is 3.50. The number of nitrogens with two attached hydrogens (primary N) is 1. The van der Waals surface area contributed by atoms with Crippen LogP contribution in [-0.4, -0.2) is 35.6 Å². The van der Waals surface area contributed by atoms with Crippen molar-refractivity contribution >= 4 is 28.9 Å². The van der Waals surface area contributed by atoms with Crippen molar-refractivity contribution in [3.63, 3.8) is 0 Å². The van der Waals surface area contributed by atoms with Crippen LogP contribution in [0.1, 0.15) is 12.5 Å². The number of rotatable bonds is 4. The van der Waals surface area contributed by atoms with Crippen LogP contribution < -0.4 is 5.73 Å². The van der Waals surface area contributed by atoms with Crippen molar-refractivity contribution in [2.75, 3.05) is 5.73 Å². The van der Waals surface area contributed by atoms with Crippen LogP contribution in [0.25, 0.3) is 28.3 Å². The van der Waals surface area contributed by atoms with Gasteiger partial charge in [0.25, 0.3) is 0 Å². The molecule has 0 aliphatic rings. The molecule has 0 spiro atoms. The molecule has 1 atom stereocenters. The van der Waals surface area contributed by atoms with E-state index in [1.54, 1.807) is 25.1 Å². The van der Waals surface area contributed by atoms with E-state index in [1.165, 1.54) is 39.9 Å². The summed E-state index contributed by atoms with van der Waals surface area (Å²) in [5.41, 5.74) is 5.96. The minimum Gasteiger partial charge on any atom is -0.461 e. The summed E-state index contributed by atoms with van der Waals surface area (Å²) < 4.78 is 21.9. The monoisotopic (exact) mass is 391 g/mol. The lowest BCUT2D eigenvalue weighted by Crippen LogP contribution is -2.34. The number of carbonyl (C=O) groups is 1. The van der Waals surface area contributed by atoms with Gasteiger partial charge in [0, 0.05) is 0 Å². The van der Waals surface area contributed by atoms with E-state index in [1.807, 2.05) is 0 Å². The number of nitrogen functional groups attached to an aromatic ring is 1. The van der Waals surface area contributed by atoms with Crippen molar-refractivity contribution in [3.8, 4) is 11.6 Å². The maximum atomic E-state index is 13.8. The molecule has 0 amide bonds. The Labute approximate surface area is 162 Å². The smallest absolute Gasteiger partial charge is 0.225 e. The fourth-order valence-electron chi connectivity index (χ4n) is 3.30. The van der Waals surface area contributed by atoms with Crippen LogP contribution in [-0.2, 0) is 10.3 Å². The van der Waals surface area contributed by atoms with Crippen LogP contribution in [0.4, 0.5) is 10.3 Å². The normalized spacial score (nSPS) is 13.7. The molecule has 2 N–H and O–H groups in total. The zero-order valence-corrected chi connectivity index (χ0v) is 15.2. The summed E-state index contributed by atoms with van der Waals surface area (Å²) in [6.07, 6.45) is 3.73. The Morgan fingerprint density at radius 1 is 1.21 bits per heavy atom. The summed E-state index contributed by atoms with van der Waals surface area (Å²) in [4.78, 5) is 21.0. The number of anilines is 1. The second kappa shape index (κ2) is 5.96. The van der Waals surface area contributed by atoms with Crippen LogP contribution in [0.15, 0.2) is 53.3 Å². The molecule has 10 heteroatoms. The molecule has 4 heterocycles. The molecule has 4 aromatic heterocycles. The number of benzene rings is 1. The predicted octanol–water partition coefficient (Wildman–Crippen LogP) is 2.42. The molecular weight excluding hydrogens is 377 g/mol.